The summed E-state index contributed by atoms with van der Waals surface area (Å²) in [6.45, 7) is 7.82. The van der Waals surface area contributed by atoms with Gasteiger partial charge in [-0.3, -0.25) is 13.9 Å². The van der Waals surface area contributed by atoms with Crippen LogP contribution in [0.25, 0.3) is 0 Å². The summed E-state index contributed by atoms with van der Waals surface area (Å²) in [5.41, 5.74) is 4.35. The first kappa shape index (κ1) is 26.9. The largest absolute Gasteiger partial charge is 0.350 e. The van der Waals surface area contributed by atoms with Gasteiger partial charge < -0.3 is 10.6 Å². The third-order valence-corrected chi connectivity index (χ3v) is 7.15. The summed E-state index contributed by atoms with van der Waals surface area (Å²) >= 11 is 0. The van der Waals surface area contributed by atoms with Crippen LogP contribution < -0.4 is 14.9 Å². The molecule has 0 aliphatic carbocycles. The SMILES string of the molecule is CC[C@@H](C)NC(=O)c1ccccc1NC(=O)c1ccc(CN(c2c(C)cccc2C)S(C)(=O)=O)cc1. The van der Waals surface area contributed by atoms with Gasteiger partial charge in [-0.1, -0.05) is 49.4 Å². The van der Waals surface area contributed by atoms with Crippen LogP contribution in [0, 0.1) is 13.8 Å². The second-order valence-electron chi connectivity index (χ2n) is 8.99. The zero-order chi connectivity index (χ0) is 26.5. The third-order valence-electron chi connectivity index (χ3n) is 6.04. The molecule has 7 nitrogen and oxygen atoms in total. The molecule has 0 radical (unpaired) electrons. The normalized spacial score (nSPS) is 12.0. The van der Waals surface area contributed by atoms with Gasteiger partial charge in [0.2, 0.25) is 10.0 Å². The molecule has 0 spiro atoms. The van der Waals surface area contributed by atoms with Crippen LogP contribution in [0.3, 0.4) is 0 Å². The maximum absolute atomic E-state index is 12.9. The Bertz CT molecular complexity index is 1330. The number of carbonyl (C=O) groups excluding carboxylic acids is 2. The van der Waals surface area contributed by atoms with Crippen molar-refractivity contribution in [1.29, 1.82) is 0 Å². The van der Waals surface area contributed by atoms with Gasteiger partial charge in [0, 0.05) is 11.6 Å². The molecule has 190 valence electrons. The Morgan fingerprint density at radius 3 is 2.08 bits per heavy atom. The van der Waals surface area contributed by atoms with Gasteiger partial charge in [-0.2, -0.15) is 0 Å². The summed E-state index contributed by atoms with van der Waals surface area (Å²) < 4.78 is 26.6. The van der Waals surface area contributed by atoms with Crippen molar-refractivity contribution < 1.29 is 18.0 Å². The molecule has 36 heavy (non-hydrogen) atoms. The van der Waals surface area contributed by atoms with Gasteiger partial charge in [0.05, 0.1) is 29.7 Å². The Kier molecular flexibility index (Phi) is 8.53. The van der Waals surface area contributed by atoms with Gasteiger partial charge >= 0.3 is 0 Å². The Balaban J connectivity index is 1.79. The minimum atomic E-state index is -3.54. The number of para-hydroxylation sites is 2. The van der Waals surface area contributed by atoms with E-state index in [1.807, 2.05) is 45.9 Å². The zero-order valence-corrected chi connectivity index (χ0v) is 22.1. The number of amides is 2. The molecule has 0 saturated heterocycles. The number of rotatable bonds is 9. The summed E-state index contributed by atoms with van der Waals surface area (Å²) in [7, 11) is -3.54. The van der Waals surface area contributed by atoms with Crippen LogP contribution in [0.2, 0.25) is 0 Å². The lowest BCUT2D eigenvalue weighted by Gasteiger charge is -2.26. The number of aryl methyl sites for hydroxylation is 2. The number of carbonyl (C=O) groups is 2. The number of benzene rings is 3. The van der Waals surface area contributed by atoms with E-state index in [4.69, 9.17) is 0 Å². The van der Waals surface area contributed by atoms with Crippen molar-refractivity contribution in [3.05, 3.63) is 94.5 Å². The van der Waals surface area contributed by atoms with Crippen molar-refractivity contribution in [3.8, 4) is 0 Å². The highest BCUT2D eigenvalue weighted by atomic mass is 32.2. The molecule has 1 atom stereocenters. The number of anilines is 2. The maximum Gasteiger partial charge on any atom is 0.255 e. The van der Waals surface area contributed by atoms with E-state index in [1.165, 1.54) is 10.6 Å². The molecule has 0 heterocycles. The summed E-state index contributed by atoms with van der Waals surface area (Å²) in [6, 6.07) is 19.3. The Morgan fingerprint density at radius 2 is 1.50 bits per heavy atom. The van der Waals surface area contributed by atoms with Gasteiger partial charge in [0.1, 0.15) is 0 Å². The zero-order valence-electron chi connectivity index (χ0n) is 21.3. The lowest BCUT2D eigenvalue weighted by atomic mass is 10.1. The van der Waals surface area contributed by atoms with Crippen LogP contribution >= 0.6 is 0 Å². The number of nitrogens with one attached hydrogen (secondary N) is 2. The average Bonchev–Trinajstić information content (AvgIpc) is 2.83. The standard InChI is InChI=1S/C28H33N3O4S/c1-6-21(4)29-28(33)24-12-7-8-13-25(24)30-27(32)23-16-14-22(15-17-23)18-31(36(5,34)35)26-19(2)10-9-11-20(26)3/h7-17,21H,6,18H2,1-5H3,(H,29,33)(H,30,32)/t21-/m1/s1. The Morgan fingerprint density at radius 1 is 0.889 bits per heavy atom. The molecule has 0 bridgehead atoms. The quantitative estimate of drug-likeness (QED) is 0.424. The van der Waals surface area contributed by atoms with Gasteiger partial charge in [-0.15, -0.1) is 0 Å². The highest BCUT2D eigenvalue weighted by Gasteiger charge is 2.22. The number of nitrogens with zero attached hydrogens (tertiary/aromatic N) is 1. The van der Waals surface area contributed by atoms with Gasteiger partial charge in [0.15, 0.2) is 0 Å². The van der Waals surface area contributed by atoms with Crippen LogP contribution in [0.5, 0.6) is 0 Å². The fourth-order valence-electron chi connectivity index (χ4n) is 3.88. The van der Waals surface area contributed by atoms with E-state index in [9.17, 15) is 18.0 Å². The van der Waals surface area contributed by atoms with Crippen LogP contribution in [-0.4, -0.2) is 32.5 Å². The number of hydrogen-bond donors (Lipinski definition) is 2. The fraction of sp³-hybridized carbons (Fsp3) is 0.286. The minimum Gasteiger partial charge on any atom is -0.350 e. The molecule has 3 aromatic carbocycles. The van der Waals surface area contributed by atoms with Crippen molar-refractivity contribution in [2.24, 2.45) is 0 Å². The molecule has 2 amide bonds. The topological polar surface area (TPSA) is 95.6 Å². The van der Waals surface area contributed by atoms with E-state index in [1.54, 1.807) is 48.5 Å². The second kappa shape index (κ2) is 11.4. The molecular formula is C28H33N3O4S. The molecular weight excluding hydrogens is 474 g/mol. The van der Waals surface area contributed by atoms with E-state index in [0.29, 0.717) is 22.5 Å². The predicted molar refractivity (Wildman–Crippen MR) is 145 cm³/mol. The monoisotopic (exact) mass is 507 g/mol. The molecule has 0 fully saturated rings. The van der Waals surface area contributed by atoms with Crippen LogP contribution in [0.4, 0.5) is 11.4 Å². The summed E-state index contributed by atoms with van der Waals surface area (Å²) in [5.74, 6) is -0.608. The van der Waals surface area contributed by atoms with Crippen molar-refractivity contribution in [1.82, 2.24) is 5.32 Å². The molecule has 0 aliphatic heterocycles. The molecule has 3 rings (SSSR count). The average molecular weight is 508 g/mol. The molecule has 0 aliphatic rings. The molecule has 2 N–H and O–H groups in total. The Labute approximate surface area is 213 Å². The lowest BCUT2D eigenvalue weighted by Crippen LogP contribution is -2.32. The van der Waals surface area contributed by atoms with Gasteiger partial charge in [0.25, 0.3) is 11.8 Å². The van der Waals surface area contributed by atoms with E-state index in [0.717, 1.165) is 23.1 Å². The summed E-state index contributed by atoms with van der Waals surface area (Å²) in [5, 5.41) is 5.73. The molecule has 3 aromatic rings. The highest BCUT2D eigenvalue weighted by molar-refractivity contribution is 7.92. The third kappa shape index (κ3) is 6.51. The molecule has 0 saturated carbocycles. The van der Waals surface area contributed by atoms with Gasteiger partial charge in [-0.05, 0) is 68.1 Å². The number of sulfonamides is 1. The van der Waals surface area contributed by atoms with Gasteiger partial charge in [-0.25, -0.2) is 8.42 Å². The van der Waals surface area contributed by atoms with Crippen LogP contribution in [0.1, 0.15) is 57.7 Å². The molecule has 8 heteroatoms. The first-order chi connectivity index (χ1) is 17.0. The van der Waals surface area contributed by atoms with Crippen molar-refractivity contribution >= 4 is 33.2 Å². The fourth-order valence-corrected chi connectivity index (χ4v) is 4.88. The molecule has 0 unspecified atom stereocenters. The smallest absolute Gasteiger partial charge is 0.255 e. The van der Waals surface area contributed by atoms with E-state index < -0.39 is 10.0 Å². The van der Waals surface area contributed by atoms with E-state index in [2.05, 4.69) is 10.6 Å². The van der Waals surface area contributed by atoms with E-state index in [-0.39, 0.29) is 24.4 Å². The maximum atomic E-state index is 12.9. The lowest BCUT2D eigenvalue weighted by molar-refractivity contribution is 0.0940. The summed E-state index contributed by atoms with van der Waals surface area (Å²) in [6.07, 6.45) is 1.99. The first-order valence-corrected chi connectivity index (χ1v) is 13.7. The Hall–Kier alpha value is -3.65. The van der Waals surface area contributed by atoms with E-state index >= 15 is 0 Å². The van der Waals surface area contributed by atoms with Crippen molar-refractivity contribution in [3.63, 3.8) is 0 Å². The number of hydrogen-bond acceptors (Lipinski definition) is 4. The minimum absolute atomic E-state index is 0.0174. The predicted octanol–water partition coefficient (Wildman–Crippen LogP) is 5.05. The first-order valence-electron chi connectivity index (χ1n) is 11.8. The van der Waals surface area contributed by atoms with Crippen LogP contribution in [0.15, 0.2) is 66.7 Å². The highest BCUT2D eigenvalue weighted by Crippen LogP contribution is 2.28. The summed E-state index contributed by atoms with van der Waals surface area (Å²) in [4.78, 5) is 25.6. The molecule has 0 aromatic heterocycles. The van der Waals surface area contributed by atoms with Crippen molar-refractivity contribution in [2.45, 2.75) is 46.7 Å². The second-order valence-corrected chi connectivity index (χ2v) is 10.9. The van der Waals surface area contributed by atoms with Crippen molar-refractivity contribution in [2.75, 3.05) is 15.9 Å². The van der Waals surface area contributed by atoms with Crippen LogP contribution in [-0.2, 0) is 16.6 Å².